The maximum Gasteiger partial charge on any atom is 0.215 e. The molecule has 1 aromatic heterocycles. The Kier molecular flexibility index (Phi) is 5.50. The van der Waals surface area contributed by atoms with Crippen LogP contribution in [0, 0.1) is 12.7 Å². The molecule has 0 bridgehead atoms. The third-order valence-electron chi connectivity index (χ3n) is 3.05. The first-order valence-electron chi connectivity index (χ1n) is 6.68. The maximum atomic E-state index is 13.0. The fourth-order valence-electron chi connectivity index (χ4n) is 1.90. The molecule has 0 aliphatic heterocycles. The normalized spacial score (nSPS) is 11.6. The summed E-state index contributed by atoms with van der Waals surface area (Å²) in [5.74, 6) is -0.804. The number of nitrogens with one attached hydrogen (secondary N) is 1. The fourth-order valence-corrected chi connectivity index (χ4v) is 3.23. The van der Waals surface area contributed by atoms with Gasteiger partial charge in [-0.1, -0.05) is 23.7 Å². The van der Waals surface area contributed by atoms with Crippen LogP contribution in [0.4, 0.5) is 4.39 Å². The lowest BCUT2D eigenvalue weighted by atomic mass is 10.2. The smallest absolute Gasteiger partial charge is 0.215 e. The van der Waals surface area contributed by atoms with Crippen LogP contribution in [0.15, 0.2) is 36.5 Å². The molecule has 0 fully saturated rings. The summed E-state index contributed by atoms with van der Waals surface area (Å²) in [5, 5.41) is -0.0848. The molecule has 0 unspecified atom stereocenters. The monoisotopic (exact) mass is 342 g/mol. The molecule has 1 heterocycles. The largest absolute Gasteiger partial charge is 0.261 e. The zero-order chi connectivity index (χ0) is 16.2. The van der Waals surface area contributed by atoms with E-state index in [0.717, 1.165) is 17.3 Å². The first-order chi connectivity index (χ1) is 10.4. The number of sulfonamides is 1. The molecule has 0 spiro atoms. The molecule has 22 heavy (non-hydrogen) atoms. The molecular weight excluding hydrogens is 327 g/mol. The van der Waals surface area contributed by atoms with Crippen LogP contribution in [-0.4, -0.2) is 19.9 Å². The predicted molar refractivity (Wildman–Crippen MR) is 84.7 cm³/mol. The van der Waals surface area contributed by atoms with Crippen molar-refractivity contribution in [2.75, 3.05) is 6.54 Å². The molecule has 1 N–H and O–H groups in total. The predicted octanol–water partition coefficient (Wildman–Crippen LogP) is 2.84. The molecular formula is C15H16ClFN2O2S. The van der Waals surface area contributed by atoms with Crippen LogP contribution in [-0.2, 0) is 22.2 Å². The zero-order valence-corrected chi connectivity index (χ0v) is 13.6. The van der Waals surface area contributed by atoms with Crippen molar-refractivity contribution in [2.24, 2.45) is 0 Å². The molecule has 0 saturated carbocycles. The van der Waals surface area contributed by atoms with E-state index >= 15 is 0 Å². The van der Waals surface area contributed by atoms with Crippen molar-refractivity contribution in [3.8, 4) is 0 Å². The fraction of sp³-hybridized carbons (Fsp3) is 0.267. The molecule has 1 aromatic carbocycles. The summed E-state index contributed by atoms with van der Waals surface area (Å²) in [4.78, 5) is 4.15. The van der Waals surface area contributed by atoms with Gasteiger partial charge in [-0.3, -0.25) is 4.98 Å². The number of nitrogens with zero attached hydrogens (tertiary/aromatic N) is 1. The summed E-state index contributed by atoms with van der Waals surface area (Å²) >= 11 is 5.64. The van der Waals surface area contributed by atoms with Crippen molar-refractivity contribution < 1.29 is 12.8 Å². The molecule has 2 aromatic rings. The summed E-state index contributed by atoms with van der Waals surface area (Å²) < 4.78 is 39.5. The van der Waals surface area contributed by atoms with Crippen LogP contribution < -0.4 is 4.72 Å². The second-order valence-corrected chi connectivity index (χ2v) is 7.17. The number of hydrogen-bond acceptors (Lipinski definition) is 3. The average molecular weight is 343 g/mol. The van der Waals surface area contributed by atoms with Gasteiger partial charge < -0.3 is 0 Å². The molecule has 2 rings (SSSR count). The number of aryl methyl sites for hydroxylation is 1. The van der Waals surface area contributed by atoms with Gasteiger partial charge in [0.05, 0.1) is 10.8 Å². The number of aromatic nitrogens is 1. The van der Waals surface area contributed by atoms with Crippen molar-refractivity contribution in [3.63, 3.8) is 0 Å². The third kappa shape index (κ3) is 5.05. The van der Waals surface area contributed by atoms with E-state index in [0.29, 0.717) is 12.0 Å². The van der Waals surface area contributed by atoms with Gasteiger partial charge in [-0.05, 0) is 42.7 Å². The van der Waals surface area contributed by atoms with Crippen molar-refractivity contribution in [1.29, 1.82) is 0 Å². The summed E-state index contributed by atoms with van der Waals surface area (Å²) in [6, 6.07) is 7.68. The van der Waals surface area contributed by atoms with Gasteiger partial charge in [0.1, 0.15) is 5.82 Å². The summed E-state index contributed by atoms with van der Waals surface area (Å²) in [5.41, 5.74) is 2.31. The minimum absolute atomic E-state index is 0.0848. The number of halogens is 2. The first kappa shape index (κ1) is 16.9. The molecule has 0 aliphatic carbocycles. The Labute approximate surface area is 134 Å². The average Bonchev–Trinajstić information content (AvgIpc) is 2.45. The second-order valence-electron chi connectivity index (χ2n) is 4.96. The van der Waals surface area contributed by atoms with Crippen LogP contribution in [0.5, 0.6) is 0 Å². The Morgan fingerprint density at radius 1 is 1.23 bits per heavy atom. The maximum absolute atomic E-state index is 13.0. The van der Waals surface area contributed by atoms with Crippen molar-refractivity contribution in [1.82, 2.24) is 9.71 Å². The highest BCUT2D eigenvalue weighted by molar-refractivity contribution is 7.88. The molecule has 4 nitrogen and oxygen atoms in total. The van der Waals surface area contributed by atoms with Crippen molar-refractivity contribution in [3.05, 3.63) is 64.2 Å². The van der Waals surface area contributed by atoms with Crippen LogP contribution in [0.2, 0.25) is 5.02 Å². The van der Waals surface area contributed by atoms with E-state index in [1.807, 2.05) is 19.1 Å². The molecule has 118 valence electrons. The summed E-state index contributed by atoms with van der Waals surface area (Å²) in [6.07, 6.45) is 2.28. The van der Waals surface area contributed by atoms with Crippen molar-refractivity contribution in [2.45, 2.75) is 19.1 Å². The Morgan fingerprint density at radius 3 is 2.59 bits per heavy atom. The highest BCUT2D eigenvalue weighted by Gasteiger charge is 2.12. The highest BCUT2D eigenvalue weighted by atomic mass is 35.5. The Bertz CT molecular complexity index is 749. The van der Waals surface area contributed by atoms with Gasteiger partial charge in [-0.25, -0.2) is 17.5 Å². The minimum Gasteiger partial charge on any atom is -0.261 e. The molecule has 0 atom stereocenters. The van der Waals surface area contributed by atoms with Crippen LogP contribution in [0.1, 0.15) is 16.8 Å². The van der Waals surface area contributed by atoms with E-state index in [1.165, 1.54) is 12.1 Å². The summed E-state index contributed by atoms with van der Waals surface area (Å²) in [7, 11) is -3.49. The topological polar surface area (TPSA) is 59.1 Å². The Morgan fingerprint density at radius 2 is 1.95 bits per heavy atom. The van der Waals surface area contributed by atoms with E-state index < -0.39 is 15.8 Å². The molecule has 0 radical (unpaired) electrons. The summed E-state index contributed by atoms with van der Waals surface area (Å²) in [6.45, 7) is 2.17. The van der Waals surface area contributed by atoms with E-state index in [-0.39, 0.29) is 17.3 Å². The lowest BCUT2D eigenvalue weighted by Gasteiger charge is -2.07. The van der Waals surface area contributed by atoms with Gasteiger partial charge in [0.25, 0.3) is 0 Å². The van der Waals surface area contributed by atoms with Gasteiger partial charge in [0.2, 0.25) is 10.0 Å². The van der Waals surface area contributed by atoms with E-state index in [1.54, 1.807) is 6.20 Å². The first-order valence-corrected chi connectivity index (χ1v) is 8.71. The molecule has 0 amide bonds. The van der Waals surface area contributed by atoms with Gasteiger partial charge >= 0.3 is 0 Å². The van der Waals surface area contributed by atoms with Crippen LogP contribution in [0.3, 0.4) is 0 Å². The lowest BCUT2D eigenvalue weighted by molar-refractivity contribution is 0.580. The lowest BCUT2D eigenvalue weighted by Crippen LogP contribution is -2.27. The van der Waals surface area contributed by atoms with E-state index in [9.17, 15) is 12.8 Å². The SMILES string of the molecule is Cc1ccc(CCNS(=O)(=O)Cc2ccc(F)c(Cl)c2)cn1. The molecule has 7 heteroatoms. The van der Waals surface area contributed by atoms with Gasteiger partial charge in [0.15, 0.2) is 0 Å². The van der Waals surface area contributed by atoms with Crippen molar-refractivity contribution >= 4 is 21.6 Å². The highest BCUT2D eigenvalue weighted by Crippen LogP contribution is 2.17. The van der Waals surface area contributed by atoms with Crippen LogP contribution in [0.25, 0.3) is 0 Å². The van der Waals surface area contributed by atoms with Gasteiger partial charge in [-0.15, -0.1) is 0 Å². The van der Waals surface area contributed by atoms with Gasteiger partial charge in [0, 0.05) is 18.4 Å². The number of pyridine rings is 1. The standard InChI is InChI=1S/C15H16ClFN2O2S/c1-11-2-3-12(9-18-11)6-7-19-22(20,21)10-13-4-5-15(17)14(16)8-13/h2-5,8-9,19H,6-7,10H2,1H3. The third-order valence-corrected chi connectivity index (χ3v) is 4.70. The number of rotatable bonds is 6. The quantitative estimate of drug-likeness (QED) is 0.878. The number of benzene rings is 1. The molecule has 0 aliphatic rings. The van der Waals surface area contributed by atoms with E-state index in [4.69, 9.17) is 11.6 Å². The molecule has 0 saturated heterocycles. The zero-order valence-electron chi connectivity index (χ0n) is 12.0. The van der Waals surface area contributed by atoms with Gasteiger partial charge in [-0.2, -0.15) is 0 Å². The number of hydrogen-bond donors (Lipinski definition) is 1. The Balaban J connectivity index is 1.90. The van der Waals surface area contributed by atoms with Crippen LogP contribution >= 0.6 is 11.6 Å². The Hall–Kier alpha value is -1.50. The van der Waals surface area contributed by atoms with E-state index in [2.05, 4.69) is 9.71 Å². The minimum atomic E-state index is -3.49. The second kappa shape index (κ2) is 7.17.